The molecule has 0 bridgehead atoms. The number of rotatable bonds is 5. The Bertz CT molecular complexity index is 973. The SMILES string of the molecule is Cc1cc(C)cc(Oc2ncnc(NNC(=O)c3ccccc3F)c2N)c1. The van der Waals surface area contributed by atoms with Crippen molar-refractivity contribution in [1.29, 1.82) is 0 Å². The van der Waals surface area contributed by atoms with E-state index in [1.165, 1.54) is 24.5 Å². The predicted molar refractivity (Wildman–Crippen MR) is 99.9 cm³/mol. The zero-order valence-electron chi connectivity index (χ0n) is 14.8. The highest BCUT2D eigenvalue weighted by molar-refractivity contribution is 5.95. The predicted octanol–water partition coefficient (Wildman–Crippen LogP) is 3.36. The number of carbonyl (C=O) groups excluding carboxylic acids is 1. The molecule has 0 atom stereocenters. The van der Waals surface area contributed by atoms with Crippen molar-refractivity contribution >= 4 is 17.4 Å². The van der Waals surface area contributed by atoms with E-state index >= 15 is 0 Å². The summed E-state index contributed by atoms with van der Waals surface area (Å²) in [6.45, 7) is 3.91. The number of amides is 1. The average Bonchev–Trinajstić information content (AvgIpc) is 2.62. The molecular formula is C19H18FN5O2. The maximum absolute atomic E-state index is 13.7. The standard InChI is InChI=1S/C19H18FN5O2/c1-11-7-12(2)9-13(8-11)27-19-16(21)17(22-10-23-19)24-25-18(26)14-5-3-4-6-15(14)20/h3-10H,21H2,1-2H3,(H,25,26)(H,22,23,24). The van der Waals surface area contributed by atoms with Crippen LogP contribution in [0.2, 0.25) is 0 Å². The zero-order chi connectivity index (χ0) is 19.4. The second-order valence-electron chi connectivity index (χ2n) is 5.93. The molecule has 0 aliphatic heterocycles. The zero-order valence-corrected chi connectivity index (χ0v) is 14.8. The number of hydrogen-bond acceptors (Lipinski definition) is 6. The molecular weight excluding hydrogens is 349 g/mol. The van der Waals surface area contributed by atoms with E-state index in [1.807, 2.05) is 32.0 Å². The van der Waals surface area contributed by atoms with E-state index in [4.69, 9.17) is 10.5 Å². The summed E-state index contributed by atoms with van der Waals surface area (Å²) in [5, 5.41) is 0. The van der Waals surface area contributed by atoms with Crippen LogP contribution in [0.1, 0.15) is 21.5 Å². The third-order valence-corrected chi connectivity index (χ3v) is 3.67. The monoisotopic (exact) mass is 367 g/mol. The molecule has 0 radical (unpaired) electrons. The van der Waals surface area contributed by atoms with Gasteiger partial charge in [0, 0.05) is 0 Å². The number of benzene rings is 2. The van der Waals surface area contributed by atoms with Crippen LogP contribution < -0.4 is 21.3 Å². The van der Waals surface area contributed by atoms with Gasteiger partial charge in [-0.2, -0.15) is 4.98 Å². The van der Waals surface area contributed by atoms with Crippen LogP contribution in [0.25, 0.3) is 0 Å². The number of nitrogens with two attached hydrogens (primary N) is 1. The largest absolute Gasteiger partial charge is 0.437 e. The lowest BCUT2D eigenvalue weighted by Crippen LogP contribution is -2.31. The molecule has 0 unspecified atom stereocenters. The molecule has 0 saturated carbocycles. The first-order chi connectivity index (χ1) is 12.9. The fourth-order valence-electron chi connectivity index (χ4n) is 2.49. The van der Waals surface area contributed by atoms with E-state index in [9.17, 15) is 9.18 Å². The molecule has 3 aromatic rings. The number of nitrogen functional groups attached to an aromatic ring is 1. The summed E-state index contributed by atoms with van der Waals surface area (Å²) in [5.74, 6) is -0.444. The molecule has 0 spiro atoms. The average molecular weight is 367 g/mol. The van der Waals surface area contributed by atoms with Crippen molar-refractivity contribution in [1.82, 2.24) is 15.4 Å². The van der Waals surface area contributed by atoms with E-state index < -0.39 is 11.7 Å². The summed E-state index contributed by atoms with van der Waals surface area (Å²) in [5.41, 5.74) is 13.0. The van der Waals surface area contributed by atoms with Crippen LogP contribution in [-0.4, -0.2) is 15.9 Å². The smallest absolute Gasteiger partial charge is 0.272 e. The van der Waals surface area contributed by atoms with E-state index in [0.29, 0.717) is 5.75 Å². The third-order valence-electron chi connectivity index (χ3n) is 3.67. The second-order valence-corrected chi connectivity index (χ2v) is 5.93. The minimum Gasteiger partial charge on any atom is -0.437 e. The molecule has 4 N–H and O–H groups in total. The molecule has 1 aromatic heterocycles. The van der Waals surface area contributed by atoms with E-state index in [1.54, 1.807) is 6.07 Å². The fourth-order valence-corrected chi connectivity index (χ4v) is 2.49. The van der Waals surface area contributed by atoms with Crippen molar-refractivity contribution in [2.45, 2.75) is 13.8 Å². The summed E-state index contributed by atoms with van der Waals surface area (Å²) in [6.07, 6.45) is 1.24. The number of nitrogens with one attached hydrogen (secondary N) is 2. The van der Waals surface area contributed by atoms with Crippen molar-refractivity contribution in [3.05, 3.63) is 71.3 Å². The molecule has 0 fully saturated rings. The molecule has 8 heteroatoms. The van der Waals surface area contributed by atoms with Gasteiger partial charge in [0.1, 0.15) is 23.6 Å². The minimum atomic E-state index is -0.664. The van der Waals surface area contributed by atoms with Gasteiger partial charge in [-0.05, 0) is 49.2 Å². The number of aryl methyl sites for hydroxylation is 2. The first-order valence-electron chi connectivity index (χ1n) is 8.11. The third kappa shape index (κ3) is 4.30. The number of halogens is 1. The Morgan fingerprint density at radius 2 is 1.81 bits per heavy atom. The Balaban J connectivity index is 1.75. The van der Waals surface area contributed by atoms with E-state index in [-0.39, 0.29) is 22.9 Å². The molecule has 3 rings (SSSR count). The quantitative estimate of drug-likeness (QED) is 0.598. The summed E-state index contributed by atoms with van der Waals surface area (Å²) in [7, 11) is 0. The molecule has 0 saturated heterocycles. The van der Waals surface area contributed by atoms with Crippen molar-refractivity contribution in [3.63, 3.8) is 0 Å². The topological polar surface area (TPSA) is 102 Å². The Kier molecular flexibility index (Phi) is 5.16. The van der Waals surface area contributed by atoms with Crippen LogP contribution in [0.4, 0.5) is 15.9 Å². The summed E-state index contributed by atoms with van der Waals surface area (Å²) >= 11 is 0. The normalized spacial score (nSPS) is 10.3. The number of hydrazine groups is 1. The lowest BCUT2D eigenvalue weighted by Gasteiger charge is -2.13. The first kappa shape index (κ1) is 18.1. The van der Waals surface area contributed by atoms with Crippen molar-refractivity contribution in [3.8, 4) is 11.6 Å². The molecule has 2 aromatic carbocycles. The van der Waals surface area contributed by atoms with Crippen LogP contribution in [0.3, 0.4) is 0 Å². The van der Waals surface area contributed by atoms with Crippen LogP contribution >= 0.6 is 0 Å². The number of hydrogen-bond donors (Lipinski definition) is 3. The summed E-state index contributed by atoms with van der Waals surface area (Å²) < 4.78 is 19.4. The molecule has 0 aliphatic rings. The lowest BCUT2D eigenvalue weighted by molar-refractivity contribution is 0.0958. The highest BCUT2D eigenvalue weighted by Crippen LogP contribution is 2.29. The second kappa shape index (κ2) is 7.69. The van der Waals surface area contributed by atoms with Gasteiger partial charge < -0.3 is 10.5 Å². The first-order valence-corrected chi connectivity index (χ1v) is 8.11. The maximum Gasteiger partial charge on any atom is 0.272 e. The molecule has 0 aliphatic carbocycles. The van der Waals surface area contributed by atoms with Gasteiger partial charge in [0.2, 0.25) is 5.88 Å². The van der Waals surface area contributed by atoms with Crippen molar-refractivity contribution in [2.75, 3.05) is 11.2 Å². The van der Waals surface area contributed by atoms with Gasteiger partial charge in [0.05, 0.1) is 5.56 Å². The number of anilines is 2. The van der Waals surface area contributed by atoms with Crippen LogP contribution in [0, 0.1) is 19.7 Å². The van der Waals surface area contributed by atoms with Crippen molar-refractivity contribution < 1.29 is 13.9 Å². The molecule has 1 heterocycles. The number of ether oxygens (including phenoxy) is 1. The fraction of sp³-hybridized carbons (Fsp3) is 0.105. The van der Waals surface area contributed by atoms with E-state index in [0.717, 1.165) is 11.1 Å². The van der Waals surface area contributed by atoms with Gasteiger partial charge >= 0.3 is 0 Å². The summed E-state index contributed by atoms with van der Waals surface area (Å²) in [6, 6.07) is 11.3. The number of aromatic nitrogens is 2. The Morgan fingerprint density at radius 1 is 1.11 bits per heavy atom. The van der Waals surface area contributed by atoms with Gasteiger partial charge in [-0.25, -0.2) is 9.37 Å². The van der Waals surface area contributed by atoms with Gasteiger partial charge in [0.25, 0.3) is 5.91 Å². The van der Waals surface area contributed by atoms with Crippen LogP contribution in [0.5, 0.6) is 11.6 Å². The Hall–Kier alpha value is -3.68. The lowest BCUT2D eigenvalue weighted by atomic mass is 10.1. The molecule has 138 valence electrons. The molecule has 7 nitrogen and oxygen atoms in total. The Morgan fingerprint density at radius 3 is 2.52 bits per heavy atom. The number of nitrogens with zero attached hydrogens (tertiary/aromatic N) is 2. The highest BCUT2D eigenvalue weighted by Gasteiger charge is 2.14. The van der Waals surface area contributed by atoms with Gasteiger partial charge in [-0.15, -0.1) is 0 Å². The van der Waals surface area contributed by atoms with Crippen LogP contribution in [0.15, 0.2) is 48.8 Å². The van der Waals surface area contributed by atoms with Crippen molar-refractivity contribution in [2.24, 2.45) is 0 Å². The van der Waals surface area contributed by atoms with Gasteiger partial charge in [-0.3, -0.25) is 15.6 Å². The highest BCUT2D eigenvalue weighted by atomic mass is 19.1. The number of carbonyl (C=O) groups is 1. The van der Waals surface area contributed by atoms with Crippen LogP contribution in [-0.2, 0) is 0 Å². The van der Waals surface area contributed by atoms with E-state index in [2.05, 4.69) is 20.8 Å². The Labute approximate surface area is 155 Å². The molecule has 27 heavy (non-hydrogen) atoms. The summed E-state index contributed by atoms with van der Waals surface area (Å²) in [4.78, 5) is 20.1. The molecule has 1 amide bonds. The maximum atomic E-state index is 13.7. The minimum absolute atomic E-state index is 0.102. The van der Waals surface area contributed by atoms with Gasteiger partial charge in [0.15, 0.2) is 5.82 Å². The van der Waals surface area contributed by atoms with Gasteiger partial charge in [-0.1, -0.05) is 18.2 Å².